The summed E-state index contributed by atoms with van der Waals surface area (Å²) in [5.41, 5.74) is 0. The van der Waals surface area contributed by atoms with Crippen LogP contribution in [0.1, 0.15) is 213 Å². The molecule has 0 radical (unpaired) electrons. The Hall–Kier alpha value is -0.500. The Labute approximate surface area is 323 Å². The summed E-state index contributed by atoms with van der Waals surface area (Å²) in [4.78, 5) is 22.8. The van der Waals surface area contributed by atoms with Gasteiger partial charge < -0.3 is 18.9 Å². The van der Waals surface area contributed by atoms with Crippen LogP contribution in [0.15, 0.2) is 0 Å². The lowest BCUT2D eigenvalue weighted by atomic mass is 10.0. The Morgan fingerprint density at radius 3 is 1.27 bits per heavy atom. The number of esters is 1. The second-order valence-electron chi connectivity index (χ2n) is 16.4. The molecular weight excluding hydrogens is 673 g/mol. The van der Waals surface area contributed by atoms with Gasteiger partial charge in [0.25, 0.3) is 0 Å². The van der Waals surface area contributed by atoms with E-state index in [1.807, 2.05) is 21.1 Å². The van der Waals surface area contributed by atoms with Gasteiger partial charge in [-0.1, -0.05) is 194 Å². The van der Waals surface area contributed by atoms with Gasteiger partial charge in [-0.05, 0) is 12.8 Å². The zero-order chi connectivity index (χ0) is 38.4. The van der Waals surface area contributed by atoms with Gasteiger partial charge in [0.15, 0.2) is 0 Å². The van der Waals surface area contributed by atoms with Gasteiger partial charge in [-0.25, -0.2) is 4.57 Å². The molecule has 0 bridgehead atoms. The second kappa shape index (κ2) is 37.4. The van der Waals surface area contributed by atoms with Crippen LogP contribution in [0, 0.1) is 0 Å². The summed E-state index contributed by atoms with van der Waals surface area (Å²) < 4.78 is 35.0. The van der Waals surface area contributed by atoms with Crippen LogP contribution in [0.4, 0.5) is 0 Å². The zero-order valence-electron chi connectivity index (χ0n) is 35.3. The minimum atomic E-state index is -4.26. The number of quaternary nitrogens is 1. The van der Waals surface area contributed by atoms with Crippen molar-refractivity contribution in [2.45, 2.75) is 219 Å². The summed E-state index contributed by atoms with van der Waals surface area (Å²) in [6.45, 7) is 5.66. The van der Waals surface area contributed by atoms with Crippen LogP contribution >= 0.6 is 7.82 Å². The van der Waals surface area contributed by atoms with Crippen molar-refractivity contribution in [3.8, 4) is 0 Å². The van der Waals surface area contributed by atoms with Gasteiger partial charge >= 0.3 is 13.8 Å². The monoisotopic (exact) mass is 763 g/mol. The van der Waals surface area contributed by atoms with Crippen LogP contribution in [0.2, 0.25) is 0 Å². The quantitative estimate of drug-likeness (QED) is 0.0286. The van der Waals surface area contributed by atoms with Crippen molar-refractivity contribution in [2.75, 3.05) is 54.1 Å². The van der Waals surface area contributed by atoms with E-state index in [0.29, 0.717) is 24.1 Å². The Morgan fingerprint density at radius 2 is 0.885 bits per heavy atom. The summed E-state index contributed by atoms with van der Waals surface area (Å²) in [7, 11) is 1.68. The molecule has 2 atom stereocenters. The maximum atomic E-state index is 12.6. The lowest BCUT2D eigenvalue weighted by Crippen LogP contribution is -2.37. The van der Waals surface area contributed by atoms with Gasteiger partial charge in [-0.3, -0.25) is 13.8 Å². The number of carbonyl (C=O) groups is 1. The maximum absolute atomic E-state index is 12.6. The smallest absolute Gasteiger partial charge is 0.457 e. The third-order valence-electron chi connectivity index (χ3n) is 9.92. The van der Waals surface area contributed by atoms with Crippen LogP contribution < -0.4 is 0 Å². The van der Waals surface area contributed by atoms with Crippen LogP contribution in [0.3, 0.4) is 0 Å². The number of unbranched alkanes of at least 4 members (excludes halogenated alkanes) is 28. The van der Waals surface area contributed by atoms with Gasteiger partial charge in [0.05, 0.1) is 34.4 Å². The lowest BCUT2D eigenvalue weighted by molar-refractivity contribution is -0.870. The number of ether oxygens (including phenoxy) is 2. The minimum absolute atomic E-state index is 0.0937. The Morgan fingerprint density at radius 1 is 0.519 bits per heavy atom. The molecule has 8 nitrogen and oxygen atoms in total. The molecule has 312 valence electrons. The number of rotatable bonds is 42. The predicted molar refractivity (Wildman–Crippen MR) is 220 cm³/mol. The molecule has 2 unspecified atom stereocenters. The van der Waals surface area contributed by atoms with Gasteiger partial charge in [0.2, 0.25) is 0 Å². The third kappa shape index (κ3) is 40.7. The summed E-state index contributed by atoms with van der Waals surface area (Å²) in [6, 6.07) is 0. The van der Waals surface area contributed by atoms with E-state index in [1.54, 1.807) is 0 Å². The Balaban J connectivity index is 4.08. The van der Waals surface area contributed by atoms with E-state index in [-0.39, 0.29) is 25.8 Å². The van der Waals surface area contributed by atoms with Crippen molar-refractivity contribution in [3.63, 3.8) is 0 Å². The molecule has 0 aromatic rings. The Kier molecular flexibility index (Phi) is 37.1. The normalized spacial score (nSPS) is 13.7. The Bertz CT molecular complexity index is 807. The van der Waals surface area contributed by atoms with Crippen LogP contribution in [-0.2, 0) is 27.9 Å². The number of phosphoric ester groups is 1. The van der Waals surface area contributed by atoms with E-state index in [4.69, 9.17) is 18.5 Å². The number of hydrogen-bond donors (Lipinski definition) is 1. The fourth-order valence-electron chi connectivity index (χ4n) is 6.44. The molecule has 0 heterocycles. The molecule has 0 aliphatic carbocycles. The highest BCUT2D eigenvalue weighted by Gasteiger charge is 2.26. The van der Waals surface area contributed by atoms with Gasteiger partial charge in [0, 0.05) is 13.0 Å². The molecule has 0 rings (SSSR count). The highest BCUT2D eigenvalue weighted by molar-refractivity contribution is 7.47. The van der Waals surface area contributed by atoms with E-state index < -0.39 is 13.9 Å². The zero-order valence-corrected chi connectivity index (χ0v) is 36.2. The number of likely N-dealkylation sites (N-methyl/N-ethyl adjacent to an activating group) is 1. The fourth-order valence-corrected chi connectivity index (χ4v) is 7.18. The molecule has 0 amide bonds. The number of hydrogen-bond acceptors (Lipinski definition) is 6. The summed E-state index contributed by atoms with van der Waals surface area (Å²) >= 11 is 0. The first-order valence-electron chi connectivity index (χ1n) is 22.3. The topological polar surface area (TPSA) is 91.3 Å². The standard InChI is InChI=1S/C43H88NO7P/c1-6-8-10-12-14-16-18-19-20-21-22-23-24-25-26-27-29-31-33-35-38-48-40-42(41-50-52(46,47)49-39-37-44(3,4)5)51-43(45)36-34-32-30-28-17-15-13-11-9-7-2/h42H,6-41H2,1-5H3/p+1. The number of phosphoric acid groups is 1. The molecule has 0 fully saturated rings. The molecule has 0 aliphatic heterocycles. The largest absolute Gasteiger partial charge is 0.472 e. The molecule has 0 aromatic heterocycles. The SMILES string of the molecule is CCCCCCCCCCCCCCCCCCCCCCOCC(COP(=O)(O)OCC[N+](C)(C)C)OC(=O)CCCCCCCCCCCC. The molecule has 52 heavy (non-hydrogen) atoms. The molecule has 9 heteroatoms. The van der Waals surface area contributed by atoms with E-state index in [0.717, 1.165) is 32.1 Å². The van der Waals surface area contributed by atoms with Crippen molar-refractivity contribution in [1.29, 1.82) is 0 Å². The summed E-state index contributed by atoms with van der Waals surface area (Å²) in [5, 5.41) is 0. The van der Waals surface area contributed by atoms with E-state index in [2.05, 4.69) is 13.8 Å². The lowest BCUT2D eigenvalue weighted by Gasteiger charge is -2.24. The average molecular weight is 763 g/mol. The van der Waals surface area contributed by atoms with E-state index in [9.17, 15) is 14.3 Å². The minimum Gasteiger partial charge on any atom is -0.457 e. The molecule has 0 aliphatic rings. The second-order valence-corrected chi connectivity index (χ2v) is 17.9. The molecule has 0 aromatic carbocycles. The average Bonchev–Trinajstić information content (AvgIpc) is 3.09. The molecular formula is C43H89NO7P+. The highest BCUT2D eigenvalue weighted by atomic mass is 31.2. The molecule has 0 saturated heterocycles. The number of nitrogens with zero attached hydrogens (tertiary/aromatic N) is 1. The van der Waals surface area contributed by atoms with Crippen molar-refractivity contribution < 1.29 is 37.3 Å². The first-order valence-corrected chi connectivity index (χ1v) is 23.8. The van der Waals surface area contributed by atoms with Crippen molar-refractivity contribution in [1.82, 2.24) is 0 Å². The maximum Gasteiger partial charge on any atom is 0.472 e. The van der Waals surface area contributed by atoms with Gasteiger partial charge in [-0.2, -0.15) is 0 Å². The molecule has 1 N–H and O–H groups in total. The summed E-state index contributed by atoms with van der Waals surface area (Å²) in [6.07, 6.45) is 38.5. The van der Waals surface area contributed by atoms with Crippen LogP contribution in [0.5, 0.6) is 0 Å². The van der Waals surface area contributed by atoms with Crippen molar-refractivity contribution in [2.24, 2.45) is 0 Å². The van der Waals surface area contributed by atoms with E-state index in [1.165, 1.54) is 161 Å². The van der Waals surface area contributed by atoms with Crippen molar-refractivity contribution >= 4 is 13.8 Å². The fraction of sp³-hybridized carbons (Fsp3) is 0.977. The van der Waals surface area contributed by atoms with Gasteiger partial charge in [-0.15, -0.1) is 0 Å². The van der Waals surface area contributed by atoms with Crippen molar-refractivity contribution in [3.05, 3.63) is 0 Å². The molecule has 0 saturated carbocycles. The van der Waals surface area contributed by atoms with Gasteiger partial charge in [0.1, 0.15) is 19.3 Å². The number of carbonyl (C=O) groups excluding carboxylic acids is 1. The first-order chi connectivity index (χ1) is 25.1. The molecule has 0 spiro atoms. The van der Waals surface area contributed by atoms with E-state index >= 15 is 0 Å². The van der Waals surface area contributed by atoms with Crippen LogP contribution in [0.25, 0.3) is 0 Å². The summed E-state index contributed by atoms with van der Waals surface area (Å²) in [5.74, 6) is -0.311. The third-order valence-corrected chi connectivity index (χ3v) is 10.9. The predicted octanol–water partition coefficient (Wildman–Crippen LogP) is 12.9. The highest BCUT2D eigenvalue weighted by Crippen LogP contribution is 2.43. The van der Waals surface area contributed by atoms with Crippen LogP contribution in [-0.4, -0.2) is 75.6 Å². The first kappa shape index (κ1) is 51.5.